The van der Waals surface area contributed by atoms with Gasteiger partial charge >= 0.3 is 5.97 Å². The van der Waals surface area contributed by atoms with Gasteiger partial charge in [-0.2, -0.15) is 0 Å². The Bertz CT molecular complexity index is 253. The van der Waals surface area contributed by atoms with Crippen molar-refractivity contribution < 1.29 is 19.4 Å². The Morgan fingerprint density at radius 1 is 1.46 bits per heavy atom. The predicted molar refractivity (Wildman–Crippen MR) is 41.7 cm³/mol. The Morgan fingerprint density at radius 2 is 2.23 bits per heavy atom. The molecule has 5 heteroatoms. The molecule has 0 bridgehead atoms. The number of carbonyl (C=O) groups excluding carboxylic acids is 2. The van der Waals surface area contributed by atoms with Crippen LogP contribution in [0.2, 0.25) is 0 Å². The van der Waals surface area contributed by atoms with E-state index < -0.39 is 0 Å². The summed E-state index contributed by atoms with van der Waals surface area (Å²) in [7, 11) is 0. The molecule has 2 aliphatic rings. The smallest absolute Gasteiger partial charge is 0.308 e. The normalized spacial score (nSPS) is 32.2. The second kappa shape index (κ2) is 2.99. The Kier molecular flexibility index (Phi) is 1.95. The number of ether oxygens (including phenoxy) is 1. The maximum atomic E-state index is 11.3. The third-order valence-corrected chi connectivity index (χ3v) is 2.53. The minimum absolute atomic E-state index is 0.0310. The zero-order valence-corrected chi connectivity index (χ0v) is 7.10. The monoisotopic (exact) mass is 185 g/mol. The predicted octanol–water partition coefficient (Wildman–Crippen LogP) is -1.10. The topological polar surface area (TPSA) is 66.8 Å². The summed E-state index contributed by atoms with van der Waals surface area (Å²) in [5.74, 6) is -0.276. The number of likely N-dealkylation sites (tertiary alicyclic amines) is 1. The van der Waals surface area contributed by atoms with E-state index in [4.69, 9.17) is 9.84 Å². The number of aliphatic hydroxyl groups is 1. The summed E-state index contributed by atoms with van der Waals surface area (Å²) in [6.07, 6.45) is 0.277. The molecule has 13 heavy (non-hydrogen) atoms. The summed E-state index contributed by atoms with van der Waals surface area (Å²) in [6, 6.07) is -0.132. The molecule has 1 amide bonds. The second-order valence-electron chi connectivity index (χ2n) is 3.31. The number of hydrogen-bond acceptors (Lipinski definition) is 4. The van der Waals surface area contributed by atoms with Gasteiger partial charge in [-0.05, 0) is 0 Å². The molecular formula is C8H11NO4. The van der Waals surface area contributed by atoms with Crippen molar-refractivity contribution >= 4 is 11.9 Å². The zero-order chi connectivity index (χ0) is 9.42. The lowest BCUT2D eigenvalue weighted by atomic mass is 10.1. The summed E-state index contributed by atoms with van der Waals surface area (Å²) in [5, 5.41) is 8.71. The minimum atomic E-state index is -0.272. The third-order valence-electron chi connectivity index (χ3n) is 2.53. The number of nitrogens with zero attached hydrogens (tertiary/aromatic N) is 1. The van der Waals surface area contributed by atoms with Crippen molar-refractivity contribution in [3.63, 3.8) is 0 Å². The highest BCUT2D eigenvalue weighted by Gasteiger charge is 2.47. The standard InChI is InChI=1S/C8H11NO4/c10-2-1-9-5-3-8(12)13-6(5)4-7(9)11/h5-6,10H,1-4H2. The number of esters is 1. The number of fused-ring (bicyclic) bond motifs is 1. The Morgan fingerprint density at radius 3 is 2.92 bits per heavy atom. The van der Waals surface area contributed by atoms with E-state index >= 15 is 0 Å². The zero-order valence-electron chi connectivity index (χ0n) is 7.10. The van der Waals surface area contributed by atoms with Crippen molar-refractivity contribution in [1.82, 2.24) is 4.90 Å². The van der Waals surface area contributed by atoms with E-state index in [1.54, 1.807) is 0 Å². The van der Waals surface area contributed by atoms with Crippen LogP contribution in [0.25, 0.3) is 0 Å². The SMILES string of the molecule is O=C1CC2C(CC(=O)N2CCO)O1. The average molecular weight is 185 g/mol. The van der Waals surface area contributed by atoms with Gasteiger partial charge in [-0.1, -0.05) is 0 Å². The quantitative estimate of drug-likeness (QED) is 0.554. The van der Waals surface area contributed by atoms with E-state index in [1.807, 2.05) is 0 Å². The summed E-state index contributed by atoms with van der Waals surface area (Å²) < 4.78 is 4.95. The molecule has 0 radical (unpaired) electrons. The molecule has 0 aromatic rings. The summed E-state index contributed by atoms with van der Waals surface area (Å²) in [5.41, 5.74) is 0. The fourth-order valence-electron chi connectivity index (χ4n) is 1.96. The first-order valence-corrected chi connectivity index (χ1v) is 4.32. The van der Waals surface area contributed by atoms with Crippen LogP contribution < -0.4 is 0 Å². The van der Waals surface area contributed by atoms with Crippen LogP contribution in [-0.2, 0) is 14.3 Å². The lowest BCUT2D eigenvalue weighted by Gasteiger charge is -2.20. The van der Waals surface area contributed by atoms with Gasteiger partial charge in [-0.3, -0.25) is 9.59 Å². The first-order valence-electron chi connectivity index (χ1n) is 4.32. The molecule has 2 atom stereocenters. The van der Waals surface area contributed by atoms with Crippen molar-refractivity contribution in [2.24, 2.45) is 0 Å². The van der Waals surface area contributed by atoms with E-state index in [9.17, 15) is 9.59 Å². The largest absolute Gasteiger partial charge is 0.460 e. The summed E-state index contributed by atoms with van der Waals surface area (Å²) in [6.45, 7) is 0.236. The molecule has 2 aliphatic heterocycles. The number of amides is 1. The van der Waals surface area contributed by atoms with Crippen LogP contribution in [0.4, 0.5) is 0 Å². The van der Waals surface area contributed by atoms with E-state index in [2.05, 4.69) is 0 Å². The van der Waals surface area contributed by atoms with Gasteiger partial charge in [-0.15, -0.1) is 0 Å². The third kappa shape index (κ3) is 1.29. The van der Waals surface area contributed by atoms with Crippen LogP contribution in [0.1, 0.15) is 12.8 Å². The van der Waals surface area contributed by atoms with Crippen LogP contribution in [0.5, 0.6) is 0 Å². The van der Waals surface area contributed by atoms with Crippen molar-refractivity contribution in [1.29, 1.82) is 0 Å². The molecule has 0 saturated carbocycles. The van der Waals surface area contributed by atoms with Gasteiger partial charge in [0, 0.05) is 6.54 Å². The molecule has 2 rings (SSSR count). The van der Waals surface area contributed by atoms with Gasteiger partial charge in [0.1, 0.15) is 6.10 Å². The first-order chi connectivity index (χ1) is 6.22. The molecule has 2 fully saturated rings. The van der Waals surface area contributed by atoms with E-state index in [1.165, 1.54) is 4.90 Å². The molecule has 0 spiro atoms. The van der Waals surface area contributed by atoms with E-state index in [0.29, 0.717) is 6.54 Å². The lowest BCUT2D eigenvalue weighted by molar-refractivity contribution is -0.142. The van der Waals surface area contributed by atoms with Crippen LogP contribution in [0.15, 0.2) is 0 Å². The Labute approximate surface area is 75.3 Å². The van der Waals surface area contributed by atoms with Crippen LogP contribution in [-0.4, -0.2) is 47.2 Å². The van der Waals surface area contributed by atoms with Gasteiger partial charge in [0.15, 0.2) is 0 Å². The van der Waals surface area contributed by atoms with Gasteiger partial charge in [0.05, 0.1) is 25.5 Å². The van der Waals surface area contributed by atoms with Crippen LogP contribution in [0.3, 0.4) is 0 Å². The van der Waals surface area contributed by atoms with Crippen molar-refractivity contribution in [2.45, 2.75) is 25.0 Å². The molecule has 2 saturated heterocycles. The molecule has 5 nitrogen and oxygen atoms in total. The number of aliphatic hydroxyl groups excluding tert-OH is 1. The fraction of sp³-hybridized carbons (Fsp3) is 0.750. The highest BCUT2D eigenvalue weighted by Crippen LogP contribution is 2.30. The summed E-state index contributed by atoms with van der Waals surface area (Å²) in [4.78, 5) is 23.7. The van der Waals surface area contributed by atoms with Gasteiger partial charge in [0.2, 0.25) is 5.91 Å². The van der Waals surface area contributed by atoms with Crippen molar-refractivity contribution in [2.75, 3.05) is 13.2 Å². The van der Waals surface area contributed by atoms with Gasteiger partial charge in [0.25, 0.3) is 0 Å². The molecule has 72 valence electrons. The maximum Gasteiger partial charge on any atom is 0.308 e. The number of β-amino-alcohol motifs (C(OH)–C–C–N with tert-alkyl or cyclic N) is 1. The first kappa shape index (κ1) is 8.50. The molecule has 0 aromatic heterocycles. The van der Waals surface area contributed by atoms with Crippen LogP contribution >= 0.6 is 0 Å². The second-order valence-corrected chi connectivity index (χ2v) is 3.31. The maximum absolute atomic E-state index is 11.3. The number of hydrogen-bond donors (Lipinski definition) is 1. The fourth-order valence-corrected chi connectivity index (χ4v) is 1.96. The van der Waals surface area contributed by atoms with Crippen molar-refractivity contribution in [3.8, 4) is 0 Å². The van der Waals surface area contributed by atoms with E-state index in [0.717, 1.165) is 0 Å². The molecule has 2 heterocycles. The minimum Gasteiger partial charge on any atom is -0.460 e. The Hall–Kier alpha value is -1.10. The van der Waals surface area contributed by atoms with Crippen molar-refractivity contribution in [3.05, 3.63) is 0 Å². The van der Waals surface area contributed by atoms with Crippen LogP contribution in [0, 0.1) is 0 Å². The van der Waals surface area contributed by atoms with E-state index in [-0.39, 0.29) is 43.5 Å². The van der Waals surface area contributed by atoms with Gasteiger partial charge < -0.3 is 14.7 Å². The average Bonchev–Trinajstić information content (AvgIpc) is 2.52. The number of carbonyl (C=O) groups is 2. The highest BCUT2D eigenvalue weighted by molar-refractivity contribution is 5.84. The number of rotatable bonds is 2. The molecule has 0 aromatic carbocycles. The Balaban J connectivity index is 2.10. The summed E-state index contributed by atoms with van der Waals surface area (Å²) >= 11 is 0. The molecule has 0 aliphatic carbocycles. The molecule has 1 N–H and O–H groups in total. The highest BCUT2D eigenvalue weighted by atomic mass is 16.6. The lowest BCUT2D eigenvalue weighted by Crippen LogP contribution is -2.36. The molecule has 2 unspecified atom stereocenters. The van der Waals surface area contributed by atoms with Gasteiger partial charge in [-0.25, -0.2) is 0 Å². The molecular weight excluding hydrogens is 174 g/mol.